The zero-order valence-corrected chi connectivity index (χ0v) is 10.3. The number of hydrazine groups is 1. The molecule has 18 heavy (non-hydrogen) atoms. The molecule has 1 saturated carbocycles. The summed E-state index contributed by atoms with van der Waals surface area (Å²) in [4.78, 5) is 12.0. The molecule has 2 rings (SSSR count). The molecule has 1 heterocycles. The van der Waals surface area contributed by atoms with Gasteiger partial charge in [-0.05, 0) is 26.2 Å². The Labute approximate surface area is 105 Å². The van der Waals surface area contributed by atoms with Crippen molar-refractivity contribution in [3.05, 3.63) is 0 Å². The molecular weight excluding hydrogens is 236 g/mol. The average Bonchev–Trinajstić information content (AvgIpc) is 2.34. The van der Waals surface area contributed by atoms with Crippen molar-refractivity contribution in [2.45, 2.75) is 31.8 Å². The van der Waals surface area contributed by atoms with Gasteiger partial charge in [-0.3, -0.25) is 5.43 Å². The fraction of sp³-hybridized carbons (Fsp3) is 0.700. The number of hydrogen-bond acceptors (Lipinski definition) is 8. The van der Waals surface area contributed by atoms with Crippen LogP contribution in [0.1, 0.15) is 26.2 Å². The van der Waals surface area contributed by atoms with Gasteiger partial charge in [0.1, 0.15) is 0 Å². The summed E-state index contributed by atoms with van der Waals surface area (Å²) < 4.78 is 5.20. The fourth-order valence-corrected chi connectivity index (χ4v) is 1.70. The van der Waals surface area contributed by atoms with Gasteiger partial charge in [-0.2, -0.15) is 15.0 Å². The second kappa shape index (κ2) is 5.32. The van der Waals surface area contributed by atoms with Crippen LogP contribution in [0.3, 0.4) is 0 Å². The molecule has 1 aliphatic rings. The summed E-state index contributed by atoms with van der Waals surface area (Å²) in [7, 11) is 0. The predicted molar refractivity (Wildman–Crippen MR) is 66.1 cm³/mol. The summed E-state index contributed by atoms with van der Waals surface area (Å²) in [5.74, 6) is 5.82. The third-order valence-corrected chi connectivity index (χ3v) is 2.88. The molecule has 0 spiro atoms. The van der Waals surface area contributed by atoms with Gasteiger partial charge < -0.3 is 15.2 Å². The molecule has 8 nitrogen and oxygen atoms in total. The number of hydrogen-bond donors (Lipinski definition) is 4. The van der Waals surface area contributed by atoms with Crippen molar-refractivity contribution in [1.82, 2.24) is 15.0 Å². The van der Waals surface area contributed by atoms with Crippen LogP contribution in [0.2, 0.25) is 0 Å². The summed E-state index contributed by atoms with van der Waals surface area (Å²) >= 11 is 0. The first-order chi connectivity index (χ1) is 8.65. The monoisotopic (exact) mass is 254 g/mol. The zero-order valence-electron chi connectivity index (χ0n) is 10.3. The van der Waals surface area contributed by atoms with Crippen molar-refractivity contribution in [1.29, 1.82) is 0 Å². The second-order valence-corrected chi connectivity index (χ2v) is 4.27. The van der Waals surface area contributed by atoms with E-state index in [-0.39, 0.29) is 12.0 Å². The van der Waals surface area contributed by atoms with Crippen molar-refractivity contribution >= 4 is 11.9 Å². The normalized spacial score (nSPS) is 16.8. The van der Waals surface area contributed by atoms with E-state index in [4.69, 9.17) is 10.6 Å². The summed E-state index contributed by atoms with van der Waals surface area (Å²) in [5, 5.41) is 12.9. The fourth-order valence-electron chi connectivity index (χ4n) is 1.70. The van der Waals surface area contributed by atoms with Gasteiger partial charge in [0.2, 0.25) is 11.9 Å². The lowest BCUT2D eigenvalue weighted by Crippen LogP contribution is -2.43. The van der Waals surface area contributed by atoms with Crippen molar-refractivity contribution in [3.63, 3.8) is 0 Å². The first kappa shape index (κ1) is 12.8. The molecule has 1 aliphatic carbocycles. The van der Waals surface area contributed by atoms with Gasteiger partial charge >= 0.3 is 6.01 Å². The first-order valence-corrected chi connectivity index (χ1v) is 5.97. The summed E-state index contributed by atoms with van der Waals surface area (Å²) in [6.07, 6.45) is 2.64. The molecule has 0 atom stereocenters. The van der Waals surface area contributed by atoms with Crippen molar-refractivity contribution < 1.29 is 9.84 Å². The third-order valence-electron chi connectivity index (χ3n) is 2.88. The number of nitrogens with one attached hydrogen (secondary N) is 2. The van der Waals surface area contributed by atoms with E-state index < -0.39 is 5.60 Å². The quantitative estimate of drug-likeness (QED) is 0.410. The third kappa shape index (κ3) is 2.96. The maximum Gasteiger partial charge on any atom is 0.323 e. The highest BCUT2D eigenvalue weighted by Crippen LogP contribution is 2.31. The number of nitrogen functional groups attached to an aromatic ring is 1. The molecule has 1 fully saturated rings. The Morgan fingerprint density at radius 1 is 1.33 bits per heavy atom. The molecule has 0 aromatic carbocycles. The predicted octanol–water partition coefficient (Wildman–Crippen LogP) is -0.117. The van der Waals surface area contributed by atoms with Crippen LogP contribution in [-0.4, -0.2) is 38.8 Å². The highest BCUT2D eigenvalue weighted by Gasteiger charge is 2.34. The van der Waals surface area contributed by atoms with Gasteiger partial charge in [-0.25, -0.2) is 5.84 Å². The Hall–Kier alpha value is -1.67. The number of aromatic nitrogens is 3. The highest BCUT2D eigenvalue weighted by molar-refractivity contribution is 5.35. The van der Waals surface area contributed by atoms with E-state index >= 15 is 0 Å². The van der Waals surface area contributed by atoms with E-state index in [2.05, 4.69) is 25.7 Å². The lowest BCUT2D eigenvalue weighted by Gasteiger charge is -2.36. The molecule has 0 bridgehead atoms. The molecule has 0 amide bonds. The maximum atomic E-state index is 9.97. The lowest BCUT2D eigenvalue weighted by atomic mass is 9.80. The van der Waals surface area contributed by atoms with Gasteiger partial charge in [0.05, 0.1) is 12.2 Å². The van der Waals surface area contributed by atoms with Gasteiger partial charge in [-0.15, -0.1) is 0 Å². The molecule has 0 unspecified atom stereocenters. The van der Waals surface area contributed by atoms with Crippen LogP contribution < -0.4 is 21.3 Å². The summed E-state index contributed by atoms with van der Waals surface area (Å²) in [6, 6.07) is 0.198. The molecule has 5 N–H and O–H groups in total. The van der Waals surface area contributed by atoms with Gasteiger partial charge in [0.15, 0.2) is 0 Å². The van der Waals surface area contributed by atoms with Gasteiger partial charge in [0, 0.05) is 6.54 Å². The van der Waals surface area contributed by atoms with Crippen molar-refractivity contribution in [3.8, 4) is 6.01 Å². The Morgan fingerprint density at radius 3 is 2.61 bits per heavy atom. The Bertz CT molecular complexity index is 409. The molecule has 1 aromatic heterocycles. The smallest absolute Gasteiger partial charge is 0.323 e. The second-order valence-electron chi connectivity index (χ2n) is 4.27. The largest absolute Gasteiger partial charge is 0.464 e. The standard InChI is InChI=1S/C10H18N6O2/c1-2-18-9-14-7(13-8(15-9)16-11)12-6-10(17)4-3-5-10/h17H,2-6,11H2,1H3,(H2,12,13,14,15,16). The SMILES string of the molecule is CCOc1nc(NN)nc(NCC2(O)CCC2)n1. The molecule has 1 aromatic rings. The van der Waals surface area contributed by atoms with Gasteiger partial charge in [-0.1, -0.05) is 0 Å². The molecule has 0 aliphatic heterocycles. The molecule has 8 heteroatoms. The molecule has 0 radical (unpaired) electrons. The first-order valence-electron chi connectivity index (χ1n) is 5.97. The number of ether oxygens (including phenoxy) is 1. The zero-order chi connectivity index (χ0) is 13.0. The van der Waals surface area contributed by atoms with E-state index in [0.717, 1.165) is 19.3 Å². The minimum Gasteiger partial charge on any atom is -0.464 e. The van der Waals surface area contributed by atoms with Crippen LogP contribution >= 0.6 is 0 Å². The topological polar surface area (TPSA) is 118 Å². The number of rotatable bonds is 6. The Kier molecular flexibility index (Phi) is 3.78. The van der Waals surface area contributed by atoms with E-state index in [1.807, 2.05) is 6.92 Å². The van der Waals surface area contributed by atoms with E-state index in [9.17, 15) is 5.11 Å². The lowest BCUT2D eigenvalue weighted by molar-refractivity contribution is -0.0203. The number of anilines is 2. The van der Waals surface area contributed by atoms with E-state index in [1.165, 1.54) is 0 Å². The van der Waals surface area contributed by atoms with Crippen molar-refractivity contribution in [2.24, 2.45) is 5.84 Å². The minimum atomic E-state index is -0.644. The molecular formula is C10H18N6O2. The van der Waals surface area contributed by atoms with E-state index in [1.54, 1.807) is 0 Å². The average molecular weight is 254 g/mol. The maximum absolute atomic E-state index is 9.97. The van der Waals surface area contributed by atoms with Crippen LogP contribution in [0, 0.1) is 0 Å². The van der Waals surface area contributed by atoms with Crippen LogP contribution in [0.25, 0.3) is 0 Å². The Morgan fingerprint density at radius 2 is 2.06 bits per heavy atom. The number of nitrogens with two attached hydrogens (primary N) is 1. The number of aliphatic hydroxyl groups is 1. The summed E-state index contributed by atoms with van der Waals surface area (Å²) in [6.45, 7) is 2.70. The van der Waals surface area contributed by atoms with Gasteiger partial charge in [0.25, 0.3) is 0 Å². The highest BCUT2D eigenvalue weighted by atomic mass is 16.5. The van der Waals surface area contributed by atoms with E-state index in [0.29, 0.717) is 19.1 Å². The van der Waals surface area contributed by atoms with Crippen LogP contribution in [0.4, 0.5) is 11.9 Å². The minimum absolute atomic E-state index is 0.198. The van der Waals surface area contributed by atoms with Crippen LogP contribution in [-0.2, 0) is 0 Å². The molecule has 0 saturated heterocycles. The van der Waals surface area contributed by atoms with Crippen molar-refractivity contribution in [2.75, 3.05) is 23.9 Å². The summed E-state index contributed by atoms with van der Waals surface area (Å²) in [5.41, 5.74) is 1.70. The van der Waals surface area contributed by atoms with Crippen LogP contribution in [0.15, 0.2) is 0 Å². The number of nitrogens with zero attached hydrogens (tertiary/aromatic N) is 3. The Balaban J connectivity index is 2.03. The molecule has 100 valence electrons. The van der Waals surface area contributed by atoms with Crippen LogP contribution in [0.5, 0.6) is 6.01 Å².